The van der Waals surface area contributed by atoms with Gasteiger partial charge in [0.15, 0.2) is 0 Å². The maximum absolute atomic E-state index is 4.82. The van der Waals surface area contributed by atoms with E-state index in [0.717, 1.165) is 45.1 Å². The van der Waals surface area contributed by atoms with Crippen molar-refractivity contribution in [3.8, 4) is 11.3 Å². The number of nitrogens with zero attached hydrogens (tertiary/aromatic N) is 3. The standard InChI is InChI=1S/C23H27N3.C7H15N.C2H6/c1-7-18(15-24-4)22-12-13-23(25-17(22)3)21-11-9-10-20(14-21)19(8-2)16-26(5)6;1-2-3-7-4-5-8-6-7;1-2/h7-16H,2H2,1,3-6H3;7-8H,2-6H2,1H3;1-2H3/b18-7+,19-16+,24-15?;;. The van der Waals surface area contributed by atoms with E-state index >= 15 is 0 Å². The molecule has 0 bridgehead atoms. The zero-order chi connectivity index (χ0) is 26.9. The largest absolute Gasteiger partial charge is 0.383 e. The summed E-state index contributed by atoms with van der Waals surface area (Å²) in [6.07, 6.45) is 12.1. The van der Waals surface area contributed by atoms with Crippen LogP contribution in [0.4, 0.5) is 0 Å². The molecule has 2 heterocycles. The van der Waals surface area contributed by atoms with Crippen LogP contribution in [0.3, 0.4) is 0 Å². The zero-order valence-electron chi connectivity index (χ0n) is 23.9. The summed E-state index contributed by atoms with van der Waals surface area (Å²) in [5.74, 6) is 1.000. The summed E-state index contributed by atoms with van der Waals surface area (Å²) >= 11 is 0. The molecule has 4 nitrogen and oxygen atoms in total. The molecule has 4 heteroatoms. The predicted molar refractivity (Wildman–Crippen MR) is 162 cm³/mol. The molecule has 1 saturated heterocycles. The Balaban J connectivity index is 0.000000543. The van der Waals surface area contributed by atoms with Crippen LogP contribution in [-0.2, 0) is 0 Å². The van der Waals surface area contributed by atoms with E-state index in [2.05, 4.69) is 72.5 Å². The van der Waals surface area contributed by atoms with E-state index in [1.807, 2.05) is 59.0 Å². The lowest BCUT2D eigenvalue weighted by molar-refractivity contribution is 0.525. The molecule has 0 amide bonds. The van der Waals surface area contributed by atoms with Gasteiger partial charge in [-0.3, -0.25) is 9.98 Å². The van der Waals surface area contributed by atoms with Gasteiger partial charge in [-0.1, -0.05) is 70.2 Å². The number of pyridine rings is 1. The van der Waals surface area contributed by atoms with Crippen LogP contribution in [0.15, 0.2) is 66.3 Å². The summed E-state index contributed by atoms with van der Waals surface area (Å²) in [4.78, 5) is 11.0. The van der Waals surface area contributed by atoms with Gasteiger partial charge in [-0.15, -0.1) is 0 Å². The van der Waals surface area contributed by atoms with E-state index in [1.54, 1.807) is 7.05 Å². The van der Waals surface area contributed by atoms with Crippen molar-refractivity contribution in [3.05, 3.63) is 78.1 Å². The van der Waals surface area contributed by atoms with Crippen LogP contribution in [0.2, 0.25) is 0 Å². The van der Waals surface area contributed by atoms with Crippen molar-refractivity contribution < 1.29 is 0 Å². The third-order valence-corrected chi connectivity index (χ3v) is 5.94. The Labute approximate surface area is 221 Å². The number of aliphatic imine (C=N–C) groups is 1. The third-order valence-electron chi connectivity index (χ3n) is 5.94. The predicted octanol–water partition coefficient (Wildman–Crippen LogP) is 7.67. The van der Waals surface area contributed by atoms with Gasteiger partial charge in [-0.2, -0.15) is 0 Å². The zero-order valence-corrected chi connectivity index (χ0v) is 23.9. The molecular formula is C32H48N4. The molecule has 1 fully saturated rings. The lowest BCUT2D eigenvalue weighted by Crippen LogP contribution is -2.08. The SMILES string of the molecule is C=C/C(=C\N(C)C)c1cccc(-c2ccc(/C(C=NC)=C/C)c(C)n2)c1.CC.CCCC1CCNC1. The fraction of sp³-hybridized carbons (Fsp3) is 0.438. The van der Waals surface area contributed by atoms with Crippen LogP contribution < -0.4 is 5.32 Å². The van der Waals surface area contributed by atoms with E-state index < -0.39 is 0 Å². The Hall–Kier alpha value is -2.98. The molecule has 2 aromatic rings. The first-order valence-electron chi connectivity index (χ1n) is 13.3. The van der Waals surface area contributed by atoms with Crippen molar-refractivity contribution >= 4 is 17.4 Å². The quantitative estimate of drug-likeness (QED) is 0.306. The lowest BCUT2D eigenvalue weighted by Gasteiger charge is -2.12. The summed E-state index contributed by atoms with van der Waals surface area (Å²) in [5.41, 5.74) is 7.45. The molecule has 1 aliphatic rings. The smallest absolute Gasteiger partial charge is 0.0705 e. The lowest BCUT2D eigenvalue weighted by atomic mass is 10.00. The Morgan fingerprint density at radius 2 is 1.94 bits per heavy atom. The minimum atomic E-state index is 0.963. The van der Waals surface area contributed by atoms with E-state index in [-0.39, 0.29) is 0 Å². The number of rotatable bonds is 8. The molecule has 1 unspecified atom stereocenters. The second-order valence-electron chi connectivity index (χ2n) is 8.94. The van der Waals surface area contributed by atoms with Gasteiger partial charge in [-0.25, -0.2) is 0 Å². The first-order chi connectivity index (χ1) is 17.4. The van der Waals surface area contributed by atoms with E-state index in [9.17, 15) is 0 Å². The van der Waals surface area contributed by atoms with Crippen LogP contribution >= 0.6 is 0 Å². The molecule has 0 spiro atoms. The Bertz CT molecular complexity index is 1010. The average molecular weight is 489 g/mol. The molecule has 1 aliphatic heterocycles. The van der Waals surface area contributed by atoms with Crippen LogP contribution in [-0.4, -0.2) is 50.3 Å². The summed E-state index contributed by atoms with van der Waals surface area (Å²) in [6.45, 7) is 16.8. The number of aryl methyl sites for hydroxylation is 1. The highest BCUT2D eigenvalue weighted by atomic mass is 15.0. The topological polar surface area (TPSA) is 40.5 Å². The number of aromatic nitrogens is 1. The molecule has 0 radical (unpaired) electrons. The van der Waals surface area contributed by atoms with Crippen molar-refractivity contribution in [2.45, 2.75) is 53.9 Å². The molecule has 36 heavy (non-hydrogen) atoms. The van der Waals surface area contributed by atoms with Crippen LogP contribution in [0.5, 0.6) is 0 Å². The highest BCUT2D eigenvalue weighted by Gasteiger charge is 2.12. The highest BCUT2D eigenvalue weighted by molar-refractivity contribution is 6.10. The van der Waals surface area contributed by atoms with Gasteiger partial charge in [0.2, 0.25) is 0 Å². The van der Waals surface area contributed by atoms with Gasteiger partial charge in [0.25, 0.3) is 0 Å². The van der Waals surface area contributed by atoms with Gasteiger partial charge in [0, 0.05) is 50.4 Å². The average Bonchev–Trinajstić information content (AvgIpc) is 3.41. The molecule has 1 aromatic heterocycles. The number of allylic oxidation sites excluding steroid dienone is 4. The number of nitrogens with one attached hydrogen (secondary N) is 1. The highest BCUT2D eigenvalue weighted by Crippen LogP contribution is 2.26. The molecule has 196 valence electrons. The monoisotopic (exact) mass is 488 g/mol. The Kier molecular flexibility index (Phi) is 15.1. The van der Waals surface area contributed by atoms with Crippen LogP contribution in [0.1, 0.15) is 63.8 Å². The molecule has 3 rings (SSSR count). The van der Waals surface area contributed by atoms with Crippen LogP contribution in [0.25, 0.3) is 22.4 Å². The van der Waals surface area contributed by atoms with Crippen molar-refractivity contribution in [2.24, 2.45) is 10.9 Å². The van der Waals surface area contributed by atoms with Gasteiger partial charge >= 0.3 is 0 Å². The van der Waals surface area contributed by atoms with E-state index in [0.29, 0.717) is 0 Å². The minimum absolute atomic E-state index is 0.963. The Morgan fingerprint density at radius 1 is 1.19 bits per heavy atom. The third kappa shape index (κ3) is 9.94. The molecule has 1 N–H and O–H groups in total. The summed E-state index contributed by atoms with van der Waals surface area (Å²) in [7, 11) is 5.80. The normalized spacial score (nSPS) is 15.6. The number of benzene rings is 1. The molecule has 0 aliphatic carbocycles. The summed E-state index contributed by atoms with van der Waals surface area (Å²) in [5, 5.41) is 3.36. The fourth-order valence-electron chi connectivity index (χ4n) is 4.22. The van der Waals surface area contributed by atoms with Gasteiger partial charge in [-0.05, 0) is 74.5 Å². The van der Waals surface area contributed by atoms with Gasteiger partial charge in [0.1, 0.15) is 0 Å². The van der Waals surface area contributed by atoms with E-state index in [4.69, 9.17) is 4.98 Å². The summed E-state index contributed by atoms with van der Waals surface area (Å²) < 4.78 is 0. The first-order valence-corrected chi connectivity index (χ1v) is 13.3. The second kappa shape index (κ2) is 17.4. The van der Waals surface area contributed by atoms with Gasteiger partial charge < -0.3 is 10.2 Å². The minimum Gasteiger partial charge on any atom is -0.383 e. The van der Waals surface area contributed by atoms with Crippen molar-refractivity contribution in [1.29, 1.82) is 0 Å². The maximum Gasteiger partial charge on any atom is 0.0705 e. The van der Waals surface area contributed by atoms with Crippen molar-refractivity contribution in [3.63, 3.8) is 0 Å². The van der Waals surface area contributed by atoms with E-state index in [1.165, 1.54) is 32.4 Å². The van der Waals surface area contributed by atoms with Gasteiger partial charge in [0.05, 0.1) is 5.69 Å². The molecule has 1 atom stereocenters. The molecular weight excluding hydrogens is 440 g/mol. The molecule has 1 aromatic carbocycles. The Morgan fingerprint density at radius 3 is 2.47 bits per heavy atom. The maximum atomic E-state index is 4.82. The first kappa shape index (κ1) is 31.1. The fourth-order valence-corrected chi connectivity index (χ4v) is 4.22. The van der Waals surface area contributed by atoms with Crippen LogP contribution in [0, 0.1) is 12.8 Å². The summed E-state index contributed by atoms with van der Waals surface area (Å²) in [6, 6.07) is 12.6. The van der Waals surface area contributed by atoms with Crippen molar-refractivity contribution in [2.75, 3.05) is 34.2 Å². The number of hydrogen-bond donors (Lipinski definition) is 1. The second-order valence-corrected chi connectivity index (χ2v) is 8.94. The number of hydrogen-bond acceptors (Lipinski definition) is 4. The molecule has 0 saturated carbocycles. The van der Waals surface area contributed by atoms with Crippen molar-refractivity contribution in [1.82, 2.24) is 15.2 Å².